The predicted molar refractivity (Wildman–Crippen MR) is 98.4 cm³/mol. The van der Waals surface area contributed by atoms with Crippen molar-refractivity contribution >= 4 is 9.84 Å². The van der Waals surface area contributed by atoms with E-state index >= 15 is 0 Å². The summed E-state index contributed by atoms with van der Waals surface area (Å²) in [6.07, 6.45) is 8.82. The fraction of sp³-hybridized carbons (Fsp3) is 0.526. The first kappa shape index (κ1) is 18.1. The lowest BCUT2D eigenvalue weighted by Crippen LogP contribution is -2.08. The molecule has 0 aliphatic heterocycles. The average molecular weight is 362 g/mol. The second-order valence-electron chi connectivity index (χ2n) is 6.92. The van der Waals surface area contributed by atoms with Gasteiger partial charge in [0.2, 0.25) is 0 Å². The van der Waals surface area contributed by atoms with E-state index in [9.17, 15) is 8.42 Å². The maximum absolute atomic E-state index is 11.7. The van der Waals surface area contributed by atoms with E-state index in [0.717, 1.165) is 23.4 Å². The van der Waals surface area contributed by atoms with Gasteiger partial charge in [-0.2, -0.15) is 5.10 Å². The maximum atomic E-state index is 11.7. The van der Waals surface area contributed by atoms with E-state index in [2.05, 4.69) is 10.2 Å². The fourth-order valence-electron chi connectivity index (χ4n) is 3.74. The second-order valence-corrected chi connectivity index (χ2v) is 8.94. The molecule has 1 heterocycles. The van der Waals surface area contributed by atoms with Crippen molar-refractivity contribution in [3.05, 3.63) is 35.5 Å². The Morgan fingerprint density at radius 3 is 2.44 bits per heavy atom. The topological polar surface area (TPSA) is 83.0 Å². The molecule has 0 unspecified atom stereocenters. The van der Waals surface area contributed by atoms with Crippen molar-refractivity contribution in [2.24, 2.45) is 0 Å². The van der Waals surface area contributed by atoms with E-state index in [-0.39, 0.29) is 6.61 Å². The smallest absolute Gasteiger partial charge is 0.175 e. The number of nitrogens with zero attached hydrogens (tertiary/aromatic N) is 1. The lowest BCUT2D eigenvalue weighted by Gasteiger charge is -2.23. The number of aliphatic hydroxyl groups excluding tert-OH is 1. The van der Waals surface area contributed by atoms with Crippen LogP contribution >= 0.6 is 0 Å². The average Bonchev–Trinajstić information content (AvgIpc) is 3.04. The molecule has 136 valence electrons. The van der Waals surface area contributed by atoms with Crippen LogP contribution in [0.25, 0.3) is 11.3 Å². The summed E-state index contributed by atoms with van der Waals surface area (Å²) in [5.74, 6) is 0.491. The number of rotatable bonds is 6. The van der Waals surface area contributed by atoms with Gasteiger partial charge in [-0.1, -0.05) is 31.4 Å². The number of H-pyrrole nitrogens is 1. The van der Waals surface area contributed by atoms with E-state index in [4.69, 9.17) is 5.11 Å². The van der Waals surface area contributed by atoms with Crippen molar-refractivity contribution in [2.45, 2.75) is 55.8 Å². The molecule has 25 heavy (non-hydrogen) atoms. The van der Waals surface area contributed by atoms with Crippen molar-refractivity contribution in [1.29, 1.82) is 0 Å². The number of aliphatic hydroxyl groups is 1. The van der Waals surface area contributed by atoms with Gasteiger partial charge in [-0.05, 0) is 43.7 Å². The lowest BCUT2D eigenvalue weighted by atomic mass is 9.81. The van der Waals surface area contributed by atoms with Crippen LogP contribution in [0.15, 0.2) is 29.2 Å². The van der Waals surface area contributed by atoms with Crippen molar-refractivity contribution in [2.75, 3.05) is 12.9 Å². The van der Waals surface area contributed by atoms with Crippen molar-refractivity contribution in [1.82, 2.24) is 10.2 Å². The van der Waals surface area contributed by atoms with Gasteiger partial charge in [0.15, 0.2) is 9.84 Å². The number of hydrogen-bond acceptors (Lipinski definition) is 4. The van der Waals surface area contributed by atoms with Gasteiger partial charge in [-0.25, -0.2) is 8.42 Å². The SMILES string of the molecule is CS(=O)(=O)c1ccc(-c2n[nH]c(CCCO)c2C2CCCCC2)cc1. The molecule has 3 rings (SSSR count). The largest absolute Gasteiger partial charge is 0.396 e. The molecule has 0 radical (unpaired) electrons. The first-order valence-electron chi connectivity index (χ1n) is 8.99. The van der Waals surface area contributed by atoms with Gasteiger partial charge in [0, 0.05) is 29.7 Å². The number of aromatic amines is 1. The molecule has 1 fully saturated rings. The summed E-state index contributed by atoms with van der Waals surface area (Å²) in [7, 11) is -3.20. The minimum atomic E-state index is -3.20. The van der Waals surface area contributed by atoms with Gasteiger partial charge >= 0.3 is 0 Å². The van der Waals surface area contributed by atoms with E-state index in [1.54, 1.807) is 12.1 Å². The Bertz CT molecular complexity index is 804. The third-order valence-corrected chi connectivity index (χ3v) is 6.17. The highest BCUT2D eigenvalue weighted by atomic mass is 32.2. The number of aromatic nitrogens is 2. The fourth-order valence-corrected chi connectivity index (χ4v) is 4.37. The first-order chi connectivity index (χ1) is 12.0. The van der Waals surface area contributed by atoms with Crippen LogP contribution in [0.3, 0.4) is 0 Å². The Labute approximate surface area is 149 Å². The Balaban J connectivity index is 1.98. The molecule has 6 heteroatoms. The summed E-state index contributed by atoms with van der Waals surface area (Å²) in [4.78, 5) is 0.325. The molecule has 1 aromatic carbocycles. The molecule has 5 nitrogen and oxygen atoms in total. The van der Waals surface area contributed by atoms with Gasteiger partial charge in [0.25, 0.3) is 0 Å². The van der Waals surface area contributed by atoms with Crippen molar-refractivity contribution in [3.8, 4) is 11.3 Å². The minimum Gasteiger partial charge on any atom is -0.396 e. The van der Waals surface area contributed by atoms with Crippen LogP contribution in [-0.4, -0.2) is 36.6 Å². The number of aryl methyl sites for hydroxylation is 1. The Hall–Kier alpha value is -1.66. The third-order valence-electron chi connectivity index (χ3n) is 5.04. The zero-order chi connectivity index (χ0) is 17.9. The normalized spacial score (nSPS) is 16.2. The summed E-state index contributed by atoms with van der Waals surface area (Å²) >= 11 is 0. The highest BCUT2D eigenvalue weighted by molar-refractivity contribution is 7.90. The van der Waals surface area contributed by atoms with E-state index < -0.39 is 9.84 Å². The summed E-state index contributed by atoms with van der Waals surface area (Å²) < 4.78 is 23.3. The standard InChI is InChI=1S/C19H26N2O3S/c1-25(23,24)16-11-9-15(10-12-16)19-18(14-6-3-2-4-7-14)17(20-21-19)8-5-13-22/h9-12,14,22H,2-8,13H2,1H3,(H,20,21). The summed E-state index contributed by atoms with van der Waals surface area (Å²) in [5.41, 5.74) is 4.25. The summed E-state index contributed by atoms with van der Waals surface area (Å²) in [6, 6.07) is 6.98. The molecule has 0 spiro atoms. The minimum absolute atomic E-state index is 0.168. The number of benzene rings is 1. The van der Waals surface area contributed by atoms with Crippen LogP contribution in [0, 0.1) is 0 Å². The summed E-state index contributed by atoms with van der Waals surface area (Å²) in [5, 5.41) is 16.9. The lowest BCUT2D eigenvalue weighted by molar-refractivity contribution is 0.287. The molecule has 1 aliphatic carbocycles. The van der Waals surface area contributed by atoms with Crippen LogP contribution in [0.5, 0.6) is 0 Å². The quantitative estimate of drug-likeness (QED) is 0.824. The molecule has 0 amide bonds. The van der Waals surface area contributed by atoms with Gasteiger partial charge in [0.1, 0.15) is 0 Å². The predicted octanol–water partition coefficient (Wildman–Crippen LogP) is 3.45. The number of sulfone groups is 1. The molecular formula is C19H26N2O3S. The van der Waals surface area contributed by atoms with E-state index in [1.807, 2.05) is 12.1 Å². The Morgan fingerprint density at radius 1 is 1.16 bits per heavy atom. The third kappa shape index (κ3) is 4.12. The molecule has 0 saturated heterocycles. The van der Waals surface area contributed by atoms with Crippen LogP contribution < -0.4 is 0 Å². The molecule has 2 aromatic rings. The Kier molecular flexibility index (Phi) is 5.59. The van der Waals surface area contributed by atoms with E-state index in [1.165, 1.54) is 43.9 Å². The van der Waals surface area contributed by atoms with Crippen LogP contribution in [0.4, 0.5) is 0 Å². The molecule has 0 atom stereocenters. The van der Waals surface area contributed by atoms with Crippen LogP contribution in [0.2, 0.25) is 0 Å². The van der Waals surface area contributed by atoms with Crippen molar-refractivity contribution < 1.29 is 13.5 Å². The van der Waals surface area contributed by atoms with Gasteiger partial charge in [-0.15, -0.1) is 0 Å². The molecular weight excluding hydrogens is 336 g/mol. The number of nitrogens with one attached hydrogen (secondary N) is 1. The monoisotopic (exact) mass is 362 g/mol. The molecule has 2 N–H and O–H groups in total. The van der Waals surface area contributed by atoms with Gasteiger partial charge < -0.3 is 5.11 Å². The maximum Gasteiger partial charge on any atom is 0.175 e. The highest BCUT2D eigenvalue weighted by Gasteiger charge is 2.25. The van der Waals surface area contributed by atoms with Crippen molar-refractivity contribution in [3.63, 3.8) is 0 Å². The van der Waals surface area contributed by atoms with Crippen LogP contribution in [0.1, 0.15) is 55.7 Å². The molecule has 0 bridgehead atoms. The summed E-state index contributed by atoms with van der Waals surface area (Å²) in [6.45, 7) is 0.168. The van der Waals surface area contributed by atoms with Gasteiger partial charge in [0.05, 0.1) is 10.6 Å². The zero-order valence-electron chi connectivity index (χ0n) is 14.7. The zero-order valence-corrected chi connectivity index (χ0v) is 15.5. The van der Waals surface area contributed by atoms with Gasteiger partial charge in [-0.3, -0.25) is 5.10 Å². The van der Waals surface area contributed by atoms with E-state index in [0.29, 0.717) is 17.2 Å². The molecule has 1 saturated carbocycles. The molecule has 1 aliphatic rings. The highest BCUT2D eigenvalue weighted by Crippen LogP contribution is 2.39. The Morgan fingerprint density at radius 2 is 1.84 bits per heavy atom. The number of hydrogen-bond donors (Lipinski definition) is 2. The van der Waals surface area contributed by atoms with Crippen LogP contribution in [-0.2, 0) is 16.3 Å². The second kappa shape index (κ2) is 7.70. The first-order valence-corrected chi connectivity index (χ1v) is 10.9. The molecule has 1 aromatic heterocycles.